The molecule has 20 heavy (non-hydrogen) atoms. The van der Waals surface area contributed by atoms with Crippen LogP contribution in [0.15, 0.2) is 30.3 Å². The Bertz CT molecular complexity index is 441. The smallest absolute Gasteiger partial charge is 0.308 e. The van der Waals surface area contributed by atoms with E-state index in [1.807, 2.05) is 0 Å². The monoisotopic (exact) mass is 286 g/mol. The zero-order valence-electron chi connectivity index (χ0n) is 11.0. The van der Waals surface area contributed by atoms with E-state index >= 15 is 0 Å². The number of nitrogens with one attached hydrogen (secondary N) is 1. The fourth-order valence-electron chi connectivity index (χ4n) is 2.53. The Balaban J connectivity index is 2.12. The zero-order valence-corrected chi connectivity index (χ0v) is 11.0. The summed E-state index contributed by atoms with van der Waals surface area (Å²) in [5.74, 6) is 0. The summed E-state index contributed by atoms with van der Waals surface area (Å²) < 4.78 is 39.4. The molecular formula is C14H17F3N2O. The quantitative estimate of drug-likeness (QED) is 0.804. The van der Waals surface area contributed by atoms with Gasteiger partial charge in [-0.15, -0.1) is 13.2 Å². The molecule has 6 heteroatoms. The van der Waals surface area contributed by atoms with Crippen LogP contribution in [0.2, 0.25) is 0 Å². The van der Waals surface area contributed by atoms with Crippen molar-refractivity contribution in [1.29, 1.82) is 0 Å². The average Bonchev–Trinajstić information content (AvgIpc) is 2.39. The molecule has 0 radical (unpaired) electrons. The maximum Gasteiger partial charge on any atom is 0.488 e. The topological polar surface area (TPSA) is 32.3 Å². The van der Waals surface area contributed by atoms with Crippen molar-refractivity contribution in [2.24, 2.45) is 0 Å². The molecule has 0 unspecified atom stereocenters. The summed E-state index contributed by atoms with van der Waals surface area (Å²) in [6, 6.07) is 6.32. The molecule has 1 N–H and O–H groups in total. The van der Waals surface area contributed by atoms with Gasteiger partial charge >= 0.3 is 12.3 Å². The number of halogens is 3. The molecule has 2 amide bonds. The summed E-state index contributed by atoms with van der Waals surface area (Å²) in [4.78, 5) is 12.0. The van der Waals surface area contributed by atoms with Crippen molar-refractivity contribution in [3.8, 4) is 0 Å². The second-order valence-corrected chi connectivity index (χ2v) is 4.93. The molecule has 2 rings (SSSR count). The van der Waals surface area contributed by atoms with Crippen molar-refractivity contribution in [1.82, 2.24) is 4.90 Å². The molecule has 0 atom stereocenters. The van der Waals surface area contributed by atoms with Crippen LogP contribution in [0.5, 0.6) is 0 Å². The normalized spacial score (nSPS) is 16.8. The number of nitrogens with zero attached hydrogens (tertiary/aromatic N) is 1. The molecule has 1 aliphatic rings. The fraction of sp³-hybridized carbons (Fsp3) is 0.500. The molecule has 3 nitrogen and oxygen atoms in total. The number of alkyl halides is 3. The molecule has 0 saturated heterocycles. The van der Waals surface area contributed by atoms with E-state index in [0.717, 1.165) is 19.3 Å². The van der Waals surface area contributed by atoms with E-state index in [1.54, 1.807) is 30.3 Å². The molecule has 1 saturated carbocycles. The maximum absolute atomic E-state index is 13.1. The average molecular weight is 286 g/mol. The van der Waals surface area contributed by atoms with Crippen LogP contribution in [-0.4, -0.2) is 23.3 Å². The molecule has 1 aromatic carbocycles. The molecule has 1 aliphatic carbocycles. The number of rotatable bonds is 2. The van der Waals surface area contributed by atoms with Gasteiger partial charge in [-0.3, -0.25) is 0 Å². The number of benzene rings is 1. The van der Waals surface area contributed by atoms with Crippen LogP contribution in [0.4, 0.5) is 23.7 Å². The van der Waals surface area contributed by atoms with E-state index in [9.17, 15) is 18.0 Å². The van der Waals surface area contributed by atoms with Gasteiger partial charge < -0.3 is 5.32 Å². The third-order valence-corrected chi connectivity index (χ3v) is 3.46. The van der Waals surface area contributed by atoms with Crippen molar-refractivity contribution in [3.63, 3.8) is 0 Å². The second-order valence-electron chi connectivity index (χ2n) is 4.93. The second kappa shape index (κ2) is 6.15. The van der Waals surface area contributed by atoms with Gasteiger partial charge in [0, 0.05) is 11.7 Å². The summed E-state index contributed by atoms with van der Waals surface area (Å²) in [6.45, 7) is 0. The third-order valence-electron chi connectivity index (χ3n) is 3.46. The van der Waals surface area contributed by atoms with Crippen LogP contribution in [0.3, 0.4) is 0 Å². The lowest BCUT2D eigenvalue weighted by molar-refractivity contribution is -0.236. The standard InChI is InChI=1S/C14H17F3N2O/c15-14(16,17)19(12-9-5-2-6-10-12)13(20)18-11-7-3-1-4-8-11/h1,3-4,7-8,12H,2,5-6,9-10H2,(H,18,20). The van der Waals surface area contributed by atoms with E-state index in [1.165, 1.54) is 0 Å². The first-order chi connectivity index (χ1) is 9.48. The zero-order chi connectivity index (χ0) is 14.6. The Morgan fingerprint density at radius 1 is 1.10 bits per heavy atom. The number of anilines is 1. The summed E-state index contributed by atoms with van der Waals surface area (Å²) in [7, 11) is 0. The molecule has 0 aromatic heterocycles. The molecule has 0 bridgehead atoms. The van der Waals surface area contributed by atoms with Gasteiger partial charge in [0.15, 0.2) is 0 Å². The van der Waals surface area contributed by atoms with Crippen LogP contribution in [-0.2, 0) is 0 Å². The maximum atomic E-state index is 13.1. The number of hydrogen-bond donors (Lipinski definition) is 1. The molecule has 0 aliphatic heterocycles. The third kappa shape index (κ3) is 3.65. The Labute approximate surface area is 115 Å². The lowest BCUT2D eigenvalue weighted by Crippen LogP contribution is -2.51. The lowest BCUT2D eigenvalue weighted by atomic mass is 9.94. The number of carbonyl (C=O) groups excluding carboxylic acids is 1. The largest absolute Gasteiger partial charge is 0.488 e. The summed E-state index contributed by atoms with van der Waals surface area (Å²) >= 11 is 0. The summed E-state index contributed by atoms with van der Waals surface area (Å²) in [6.07, 6.45) is -1.45. The minimum atomic E-state index is -4.65. The number of urea groups is 1. The predicted octanol–water partition coefficient (Wildman–Crippen LogP) is 4.37. The van der Waals surface area contributed by atoms with Gasteiger partial charge in [0.1, 0.15) is 0 Å². The van der Waals surface area contributed by atoms with Crippen molar-refractivity contribution >= 4 is 11.7 Å². The van der Waals surface area contributed by atoms with Crippen molar-refractivity contribution in [2.75, 3.05) is 5.32 Å². The van der Waals surface area contributed by atoms with Crippen LogP contribution in [0.25, 0.3) is 0 Å². The van der Waals surface area contributed by atoms with E-state index in [-0.39, 0.29) is 4.90 Å². The van der Waals surface area contributed by atoms with Crippen LogP contribution in [0.1, 0.15) is 32.1 Å². The number of para-hydroxylation sites is 1. The van der Waals surface area contributed by atoms with Crippen LogP contribution >= 0.6 is 0 Å². The number of hydrogen-bond acceptors (Lipinski definition) is 1. The minimum absolute atomic E-state index is 0.0408. The molecule has 0 heterocycles. The van der Waals surface area contributed by atoms with Gasteiger partial charge in [0.25, 0.3) is 0 Å². The van der Waals surface area contributed by atoms with Gasteiger partial charge in [0.05, 0.1) is 0 Å². The highest BCUT2D eigenvalue weighted by atomic mass is 19.4. The van der Waals surface area contributed by atoms with Gasteiger partial charge in [-0.05, 0) is 25.0 Å². The highest BCUT2D eigenvalue weighted by molar-refractivity contribution is 5.89. The first kappa shape index (κ1) is 14.7. The molecule has 0 spiro atoms. The predicted molar refractivity (Wildman–Crippen MR) is 70.2 cm³/mol. The Morgan fingerprint density at radius 2 is 1.70 bits per heavy atom. The van der Waals surface area contributed by atoms with Crippen molar-refractivity contribution in [3.05, 3.63) is 30.3 Å². The minimum Gasteiger partial charge on any atom is -0.308 e. The van der Waals surface area contributed by atoms with Crippen LogP contribution in [0, 0.1) is 0 Å². The highest BCUT2D eigenvalue weighted by Crippen LogP contribution is 2.32. The number of amides is 2. The first-order valence-electron chi connectivity index (χ1n) is 6.70. The summed E-state index contributed by atoms with van der Waals surface area (Å²) in [5.41, 5.74) is 0.363. The van der Waals surface area contributed by atoms with E-state index in [2.05, 4.69) is 5.32 Å². The first-order valence-corrected chi connectivity index (χ1v) is 6.70. The van der Waals surface area contributed by atoms with Gasteiger partial charge in [0.2, 0.25) is 0 Å². The Morgan fingerprint density at radius 3 is 2.25 bits per heavy atom. The highest BCUT2D eigenvalue weighted by Gasteiger charge is 2.45. The SMILES string of the molecule is O=C(Nc1ccccc1)N(C1CCCCC1)C(F)(F)F. The molecule has 110 valence electrons. The van der Waals surface area contributed by atoms with Gasteiger partial charge in [-0.25, -0.2) is 9.69 Å². The summed E-state index contributed by atoms with van der Waals surface area (Å²) in [5, 5.41) is 2.31. The fourth-order valence-corrected chi connectivity index (χ4v) is 2.53. The van der Waals surface area contributed by atoms with Crippen LogP contribution < -0.4 is 5.32 Å². The lowest BCUT2D eigenvalue weighted by Gasteiger charge is -2.35. The van der Waals surface area contributed by atoms with E-state index < -0.39 is 18.4 Å². The number of carbonyl (C=O) groups is 1. The molecule has 1 fully saturated rings. The Kier molecular flexibility index (Phi) is 4.52. The van der Waals surface area contributed by atoms with Gasteiger partial charge in [-0.1, -0.05) is 37.5 Å². The molecule has 1 aromatic rings. The Hall–Kier alpha value is -1.72. The van der Waals surface area contributed by atoms with Gasteiger partial charge in [-0.2, -0.15) is 0 Å². The van der Waals surface area contributed by atoms with Crippen molar-refractivity contribution < 1.29 is 18.0 Å². The van der Waals surface area contributed by atoms with Crippen molar-refractivity contribution in [2.45, 2.75) is 44.4 Å². The van der Waals surface area contributed by atoms with E-state index in [0.29, 0.717) is 18.5 Å². The molecular weight excluding hydrogens is 269 g/mol. The van der Waals surface area contributed by atoms with E-state index in [4.69, 9.17) is 0 Å².